The third-order valence-corrected chi connectivity index (χ3v) is 4.88. The summed E-state index contributed by atoms with van der Waals surface area (Å²) in [6.45, 7) is 0.560. The van der Waals surface area contributed by atoms with Crippen LogP contribution in [0.4, 0.5) is 15.8 Å². The van der Waals surface area contributed by atoms with Crippen molar-refractivity contribution in [1.82, 2.24) is 4.98 Å². The summed E-state index contributed by atoms with van der Waals surface area (Å²) in [5, 5.41) is 2.79. The Hall–Kier alpha value is -3.25. The first kappa shape index (κ1) is 18.1. The largest absolute Gasteiger partial charge is 0.322 e. The predicted octanol–water partition coefficient (Wildman–Crippen LogP) is 4.33. The number of nitrogens with one attached hydrogen (secondary N) is 1. The normalized spacial score (nSPS) is 12.6. The average molecular weight is 396 g/mol. The number of rotatable bonds is 3. The van der Waals surface area contributed by atoms with Crippen LogP contribution in [0, 0.1) is 5.82 Å². The van der Waals surface area contributed by atoms with Crippen LogP contribution in [0.5, 0.6) is 0 Å². The molecule has 1 aliphatic rings. The fraction of sp³-hybridized carbons (Fsp3) is 0.0952. The van der Waals surface area contributed by atoms with Gasteiger partial charge in [-0.2, -0.15) is 0 Å². The Kier molecular flexibility index (Phi) is 4.79. The van der Waals surface area contributed by atoms with Gasteiger partial charge in [0.2, 0.25) is 0 Å². The highest BCUT2D eigenvalue weighted by atomic mass is 35.5. The van der Waals surface area contributed by atoms with Gasteiger partial charge in [-0.3, -0.25) is 14.6 Å². The Bertz CT molecular complexity index is 1070. The van der Waals surface area contributed by atoms with E-state index >= 15 is 0 Å². The van der Waals surface area contributed by atoms with E-state index in [0.29, 0.717) is 17.8 Å². The van der Waals surface area contributed by atoms with Gasteiger partial charge >= 0.3 is 0 Å². The molecule has 7 heteroatoms. The number of fused-ring (bicyclic) bond motifs is 1. The molecule has 28 heavy (non-hydrogen) atoms. The Morgan fingerprint density at radius 3 is 2.75 bits per heavy atom. The van der Waals surface area contributed by atoms with E-state index < -0.39 is 11.7 Å². The van der Waals surface area contributed by atoms with Crippen molar-refractivity contribution in [3.8, 4) is 0 Å². The molecule has 2 aromatic carbocycles. The molecule has 0 aliphatic carbocycles. The number of carbonyl (C=O) groups is 2. The smallest absolute Gasteiger partial charge is 0.259 e. The second-order valence-corrected chi connectivity index (χ2v) is 6.78. The van der Waals surface area contributed by atoms with E-state index in [-0.39, 0.29) is 16.5 Å². The number of halogens is 2. The zero-order valence-corrected chi connectivity index (χ0v) is 15.4. The number of hydrogen-bond donors (Lipinski definition) is 1. The number of amides is 2. The number of pyridine rings is 1. The Balaban J connectivity index is 1.58. The monoisotopic (exact) mass is 395 g/mol. The van der Waals surface area contributed by atoms with Crippen LogP contribution in [-0.2, 0) is 6.42 Å². The van der Waals surface area contributed by atoms with E-state index in [2.05, 4.69) is 10.3 Å². The van der Waals surface area contributed by atoms with Crippen LogP contribution < -0.4 is 10.2 Å². The zero-order valence-electron chi connectivity index (χ0n) is 14.7. The maximum Gasteiger partial charge on any atom is 0.259 e. The molecule has 0 saturated heterocycles. The lowest BCUT2D eigenvalue weighted by molar-refractivity contribution is 0.0987. The number of aromatic nitrogens is 1. The van der Waals surface area contributed by atoms with Crippen molar-refractivity contribution < 1.29 is 14.0 Å². The van der Waals surface area contributed by atoms with Crippen LogP contribution in [-0.4, -0.2) is 23.3 Å². The second kappa shape index (κ2) is 7.40. The molecule has 1 aromatic heterocycles. The van der Waals surface area contributed by atoms with E-state index in [1.807, 2.05) is 6.07 Å². The summed E-state index contributed by atoms with van der Waals surface area (Å²) in [5.41, 5.74) is 2.97. The van der Waals surface area contributed by atoms with Gasteiger partial charge < -0.3 is 10.2 Å². The summed E-state index contributed by atoms with van der Waals surface area (Å²) in [6.07, 6.45) is 3.88. The summed E-state index contributed by atoms with van der Waals surface area (Å²) in [4.78, 5) is 30.9. The number of anilines is 2. The van der Waals surface area contributed by atoms with Crippen molar-refractivity contribution in [3.63, 3.8) is 0 Å². The van der Waals surface area contributed by atoms with Crippen molar-refractivity contribution >= 4 is 34.8 Å². The van der Waals surface area contributed by atoms with Gasteiger partial charge in [0.15, 0.2) is 0 Å². The minimum absolute atomic E-state index is 0.0343. The predicted molar refractivity (Wildman–Crippen MR) is 105 cm³/mol. The molecule has 2 heterocycles. The van der Waals surface area contributed by atoms with Crippen LogP contribution >= 0.6 is 11.6 Å². The minimum atomic E-state index is -0.511. The molecular formula is C21H15ClFN3O2. The van der Waals surface area contributed by atoms with Crippen molar-refractivity contribution in [2.45, 2.75) is 6.42 Å². The first-order valence-electron chi connectivity index (χ1n) is 8.64. The molecule has 2 amide bonds. The maximum absolute atomic E-state index is 13.2. The van der Waals surface area contributed by atoms with Gasteiger partial charge in [0, 0.05) is 30.3 Å². The van der Waals surface area contributed by atoms with Crippen molar-refractivity contribution in [1.29, 1.82) is 0 Å². The van der Waals surface area contributed by atoms with Gasteiger partial charge in [-0.1, -0.05) is 17.7 Å². The van der Waals surface area contributed by atoms with Gasteiger partial charge in [0.05, 0.1) is 16.1 Å². The SMILES string of the molecule is O=C(Nc1ccc2c(c1)N(C(=O)c1cccnc1)CC2)c1ccc(F)cc1Cl. The number of benzene rings is 2. The quantitative estimate of drug-likeness (QED) is 0.718. The van der Waals surface area contributed by atoms with Gasteiger partial charge in [-0.25, -0.2) is 4.39 Å². The van der Waals surface area contributed by atoms with Crippen LogP contribution in [0.25, 0.3) is 0 Å². The summed E-state index contributed by atoms with van der Waals surface area (Å²) >= 11 is 5.96. The third kappa shape index (κ3) is 3.46. The van der Waals surface area contributed by atoms with Gasteiger partial charge in [-0.05, 0) is 54.4 Å². The van der Waals surface area contributed by atoms with Gasteiger partial charge in [0.1, 0.15) is 5.82 Å². The lowest BCUT2D eigenvalue weighted by Gasteiger charge is -2.18. The van der Waals surface area contributed by atoms with E-state index in [9.17, 15) is 14.0 Å². The Morgan fingerprint density at radius 1 is 1.14 bits per heavy atom. The van der Waals surface area contributed by atoms with Crippen LogP contribution in [0.3, 0.4) is 0 Å². The van der Waals surface area contributed by atoms with Gasteiger partial charge in [-0.15, -0.1) is 0 Å². The Labute approximate surface area is 165 Å². The fourth-order valence-corrected chi connectivity index (χ4v) is 3.44. The van der Waals surface area contributed by atoms with E-state index in [1.54, 1.807) is 35.4 Å². The number of hydrogen-bond acceptors (Lipinski definition) is 3. The highest BCUT2D eigenvalue weighted by Crippen LogP contribution is 2.32. The van der Waals surface area contributed by atoms with Crippen molar-refractivity contribution in [3.05, 3.63) is 88.5 Å². The summed E-state index contributed by atoms with van der Waals surface area (Å²) < 4.78 is 13.2. The highest BCUT2D eigenvalue weighted by molar-refractivity contribution is 6.34. The van der Waals surface area contributed by atoms with Gasteiger partial charge in [0.25, 0.3) is 11.8 Å². The molecule has 0 spiro atoms. The first-order valence-corrected chi connectivity index (χ1v) is 9.02. The lowest BCUT2D eigenvalue weighted by Crippen LogP contribution is -2.29. The molecule has 0 fully saturated rings. The number of carbonyl (C=O) groups excluding carboxylic acids is 2. The molecular weight excluding hydrogens is 381 g/mol. The molecule has 0 unspecified atom stereocenters. The molecule has 0 radical (unpaired) electrons. The number of nitrogens with zero attached hydrogens (tertiary/aromatic N) is 2. The molecule has 4 rings (SSSR count). The van der Waals surface area contributed by atoms with Crippen molar-refractivity contribution in [2.24, 2.45) is 0 Å². The molecule has 0 saturated carbocycles. The lowest BCUT2D eigenvalue weighted by atomic mass is 10.1. The van der Waals surface area contributed by atoms with E-state index in [4.69, 9.17) is 11.6 Å². The van der Waals surface area contributed by atoms with E-state index in [1.165, 1.54) is 18.3 Å². The summed E-state index contributed by atoms with van der Waals surface area (Å²) in [6, 6.07) is 12.4. The topological polar surface area (TPSA) is 62.3 Å². The Morgan fingerprint density at radius 2 is 2.00 bits per heavy atom. The summed E-state index contributed by atoms with van der Waals surface area (Å²) in [7, 11) is 0. The molecule has 0 atom stereocenters. The van der Waals surface area contributed by atoms with Crippen LogP contribution in [0.1, 0.15) is 26.3 Å². The van der Waals surface area contributed by atoms with Crippen molar-refractivity contribution in [2.75, 3.05) is 16.8 Å². The second-order valence-electron chi connectivity index (χ2n) is 6.37. The third-order valence-electron chi connectivity index (χ3n) is 4.57. The fourth-order valence-electron chi connectivity index (χ4n) is 3.19. The minimum Gasteiger partial charge on any atom is -0.322 e. The summed E-state index contributed by atoms with van der Waals surface area (Å²) in [5.74, 6) is -1.10. The molecule has 3 aromatic rings. The van der Waals surface area contributed by atoms with E-state index in [0.717, 1.165) is 23.7 Å². The molecule has 1 aliphatic heterocycles. The van der Waals surface area contributed by atoms with Crippen LogP contribution in [0.2, 0.25) is 5.02 Å². The van der Waals surface area contributed by atoms with Crippen LogP contribution in [0.15, 0.2) is 60.9 Å². The first-order chi connectivity index (χ1) is 13.5. The average Bonchev–Trinajstić information content (AvgIpc) is 3.11. The highest BCUT2D eigenvalue weighted by Gasteiger charge is 2.26. The molecule has 1 N–H and O–H groups in total. The maximum atomic E-state index is 13.2. The standard InChI is InChI=1S/C21H15ClFN3O2/c22-18-10-15(23)4-6-17(18)20(27)25-16-5-3-13-7-9-26(19(13)11-16)21(28)14-2-1-8-24-12-14/h1-6,8,10-12H,7,9H2,(H,25,27). The zero-order chi connectivity index (χ0) is 19.7. The molecule has 5 nitrogen and oxygen atoms in total. The molecule has 0 bridgehead atoms. The molecule has 140 valence electrons.